The molecule has 0 bridgehead atoms. The molecule has 0 radical (unpaired) electrons. The van der Waals surface area contributed by atoms with Gasteiger partial charge in [0, 0.05) is 18.0 Å². The second-order valence-corrected chi connectivity index (χ2v) is 8.45. The molecule has 0 saturated heterocycles. The Labute approximate surface area is 183 Å². The fraction of sp³-hybridized carbons (Fsp3) is 0.417. The van der Waals surface area contributed by atoms with E-state index in [1.807, 2.05) is 38.1 Å². The van der Waals surface area contributed by atoms with Crippen molar-refractivity contribution in [3.05, 3.63) is 58.6 Å². The van der Waals surface area contributed by atoms with Gasteiger partial charge in [0.2, 0.25) is 5.91 Å². The largest absolute Gasteiger partial charge is 0.490 e. The normalized spacial score (nSPS) is 14.0. The van der Waals surface area contributed by atoms with Gasteiger partial charge < -0.3 is 15.4 Å². The Bertz CT molecular complexity index is 892. The summed E-state index contributed by atoms with van der Waals surface area (Å²) in [6, 6.07) is 12.8. The van der Waals surface area contributed by atoms with E-state index >= 15 is 0 Å². The van der Waals surface area contributed by atoms with Crippen molar-refractivity contribution in [3.8, 4) is 5.75 Å². The van der Waals surface area contributed by atoms with E-state index in [9.17, 15) is 9.59 Å². The van der Waals surface area contributed by atoms with Gasteiger partial charge >= 0.3 is 0 Å². The predicted octanol–water partition coefficient (Wildman–Crippen LogP) is 5.37. The smallest absolute Gasteiger partial charge is 0.251 e. The summed E-state index contributed by atoms with van der Waals surface area (Å²) in [6.07, 6.45) is 5.90. The van der Waals surface area contributed by atoms with Crippen LogP contribution >= 0.6 is 11.6 Å². The third kappa shape index (κ3) is 6.49. The van der Waals surface area contributed by atoms with Crippen LogP contribution < -0.4 is 15.4 Å². The van der Waals surface area contributed by atoms with Crippen LogP contribution in [0.5, 0.6) is 5.75 Å². The number of halogens is 1. The molecular formula is C24H29ClN2O3. The van der Waals surface area contributed by atoms with Gasteiger partial charge in [0.05, 0.1) is 16.8 Å². The maximum atomic E-state index is 12.5. The number of aryl methyl sites for hydroxylation is 1. The number of nitrogens with one attached hydrogen (secondary N) is 2. The second kappa shape index (κ2) is 10.5. The van der Waals surface area contributed by atoms with Gasteiger partial charge in [0.25, 0.3) is 5.91 Å². The first-order valence-corrected chi connectivity index (χ1v) is 10.9. The van der Waals surface area contributed by atoms with Crippen LogP contribution in [0.1, 0.15) is 61.9 Å². The molecule has 0 unspecified atom stereocenters. The first-order chi connectivity index (χ1) is 14.4. The highest BCUT2D eigenvalue weighted by molar-refractivity contribution is 6.33. The SMILES string of the molecule is CC(C)NC(=O)c1ccc(Cl)c(NC(=O)CCc2cccc(OC3CCCC3)c2)c1. The van der Waals surface area contributed by atoms with Gasteiger partial charge in [-0.25, -0.2) is 0 Å². The van der Waals surface area contributed by atoms with Crippen molar-refractivity contribution in [1.29, 1.82) is 0 Å². The van der Waals surface area contributed by atoms with E-state index in [1.165, 1.54) is 12.8 Å². The van der Waals surface area contributed by atoms with Crippen LogP contribution in [0.4, 0.5) is 5.69 Å². The van der Waals surface area contributed by atoms with Gasteiger partial charge in [-0.2, -0.15) is 0 Å². The van der Waals surface area contributed by atoms with E-state index in [2.05, 4.69) is 10.6 Å². The molecule has 0 heterocycles. The maximum absolute atomic E-state index is 12.5. The van der Waals surface area contributed by atoms with Crippen LogP contribution in [0.3, 0.4) is 0 Å². The number of amides is 2. The second-order valence-electron chi connectivity index (χ2n) is 8.04. The summed E-state index contributed by atoms with van der Waals surface area (Å²) in [5, 5.41) is 6.05. The molecule has 2 aromatic carbocycles. The van der Waals surface area contributed by atoms with E-state index in [0.29, 0.717) is 35.2 Å². The van der Waals surface area contributed by atoms with Crippen LogP contribution in [-0.2, 0) is 11.2 Å². The van der Waals surface area contributed by atoms with Gasteiger partial charge in [0.15, 0.2) is 0 Å². The number of hydrogen-bond donors (Lipinski definition) is 2. The van der Waals surface area contributed by atoms with Gasteiger partial charge in [-0.3, -0.25) is 9.59 Å². The standard InChI is InChI=1S/C24H29ClN2O3/c1-16(2)26-24(29)18-11-12-21(25)22(15-18)27-23(28)13-10-17-6-5-9-20(14-17)30-19-7-3-4-8-19/h5-6,9,11-12,14-16,19H,3-4,7-8,10,13H2,1-2H3,(H,26,29)(H,27,28). The highest BCUT2D eigenvalue weighted by atomic mass is 35.5. The fourth-order valence-electron chi connectivity index (χ4n) is 3.55. The van der Waals surface area contributed by atoms with Crippen LogP contribution in [0, 0.1) is 0 Å². The Morgan fingerprint density at radius 2 is 1.90 bits per heavy atom. The molecule has 3 rings (SSSR count). The predicted molar refractivity (Wildman–Crippen MR) is 120 cm³/mol. The summed E-state index contributed by atoms with van der Waals surface area (Å²) in [7, 11) is 0. The average Bonchev–Trinajstić information content (AvgIpc) is 3.21. The fourth-order valence-corrected chi connectivity index (χ4v) is 3.72. The van der Waals surface area contributed by atoms with E-state index in [4.69, 9.17) is 16.3 Å². The average molecular weight is 429 g/mol. The van der Waals surface area contributed by atoms with Crippen molar-refractivity contribution in [2.45, 2.75) is 64.5 Å². The molecule has 0 aliphatic heterocycles. The monoisotopic (exact) mass is 428 g/mol. The molecule has 1 fully saturated rings. The van der Waals surface area contributed by atoms with E-state index in [1.54, 1.807) is 18.2 Å². The van der Waals surface area contributed by atoms with Crippen molar-refractivity contribution >= 4 is 29.1 Å². The lowest BCUT2D eigenvalue weighted by Gasteiger charge is -2.14. The molecule has 1 saturated carbocycles. The number of hydrogen-bond acceptors (Lipinski definition) is 3. The number of carbonyl (C=O) groups is 2. The number of carbonyl (C=O) groups excluding carboxylic acids is 2. The zero-order valence-corrected chi connectivity index (χ0v) is 18.3. The van der Waals surface area contributed by atoms with Gasteiger partial charge in [-0.1, -0.05) is 23.7 Å². The molecule has 6 heteroatoms. The van der Waals surface area contributed by atoms with Crippen molar-refractivity contribution < 1.29 is 14.3 Å². The summed E-state index contributed by atoms with van der Waals surface area (Å²) in [5.41, 5.74) is 1.95. The lowest BCUT2D eigenvalue weighted by Crippen LogP contribution is -2.30. The minimum absolute atomic E-state index is 0.0274. The molecule has 0 atom stereocenters. The third-order valence-electron chi connectivity index (χ3n) is 5.07. The Morgan fingerprint density at radius 1 is 1.13 bits per heavy atom. The number of ether oxygens (including phenoxy) is 1. The van der Waals surface area contributed by atoms with Crippen LogP contribution in [0.2, 0.25) is 5.02 Å². The minimum atomic E-state index is -0.198. The molecule has 2 amide bonds. The van der Waals surface area contributed by atoms with Crippen LogP contribution in [0.25, 0.3) is 0 Å². The molecule has 5 nitrogen and oxygen atoms in total. The minimum Gasteiger partial charge on any atom is -0.490 e. The Morgan fingerprint density at radius 3 is 2.63 bits per heavy atom. The Hall–Kier alpha value is -2.53. The van der Waals surface area contributed by atoms with E-state index < -0.39 is 0 Å². The molecule has 1 aliphatic rings. The summed E-state index contributed by atoms with van der Waals surface area (Å²) in [5.74, 6) is 0.517. The highest BCUT2D eigenvalue weighted by Gasteiger charge is 2.16. The summed E-state index contributed by atoms with van der Waals surface area (Å²) in [6.45, 7) is 3.79. The zero-order chi connectivity index (χ0) is 21.5. The topological polar surface area (TPSA) is 67.4 Å². The van der Waals surface area contributed by atoms with Crippen LogP contribution in [-0.4, -0.2) is 24.0 Å². The number of anilines is 1. The molecule has 2 aromatic rings. The first kappa shape index (κ1) is 22.2. The Balaban J connectivity index is 1.56. The Kier molecular flexibility index (Phi) is 7.75. The number of rotatable bonds is 8. The summed E-state index contributed by atoms with van der Waals surface area (Å²) in [4.78, 5) is 24.7. The number of benzene rings is 2. The van der Waals surface area contributed by atoms with Crippen molar-refractivity contribution in [1.82, 2.24) is 5.32 Å². The highest BCUT2D eigenvalue weighted by Crippen LogP contribution is 2.26. The summed E-state index contributed by atoms with van der Waals surface area (Å²) >= 11 is 6.21. The van der Waals surface area contributed by atoms with Crippen LogP contribution in [0.15, 0.2) is 42.5 Å². The summed E-state index contributed by atoms with van der Waals surface area (Å²) < 4.78 is 6.04. The van der Waals surface area contributed by atoms with Crippen molar-refractivity contribution in [2.24, 2.45) is 0 Å². The maximum Gasteiger partial charge on any atom is 0.251 e. The lowest BCUT2D eigenvalue weighted by molar-refractivity contribution is -0.116. The van der Waals surface area contributed by atoms with Gasteiger partial charge in [-0.15, -0.1) is 0 Å². The van der Waals surface area contributed by atoms with E-state index in [0.717, 1.165) is 24.2 Å². The molecule has 30 heavy (non-hydrogen) atoms. The third-order valence-corrected chi connectivity index (χ3v) is 5.40. The lowest BCUT2D eigenvalue weighted by atomic mass is 10.1. The molecule has 160 valence electrons. The zero-order valence-electron chi connectivity index (χ0n) is 17.5. The quantitative estimate of drug-likeness (QED) is 0.593. The molecule has 0 spiro atoms. The van der Waals surface area contributed by atoms with E-state index in [-0.39, 0.29) is 17.9 Å². The van der Waals surface area contributed by atoms with Gasteiger partial charge in [-0.05, 0) is 81.8 Å². The molecule has 2 N–H and O–H groups in total. The molecular weight excluding hydrogens is 400 g/mol. The van der Waals surface area contributed by atoms with Gasteiger partial charge in [0.1, 0.15) is 5.75 Å². The van der Waals surface area contributed by atoms with Crippen molar-refractivity contribution in [2.75, 3.05) is 5.32 Å². The van der Waals surface area contributed by atoms with Crippen molar-refractivity contribution in [3.63, 3.8) is 0 Å². The first-order valence-electron chi connectivity index (χ1n) is 10.6. The molecule has 1 aliphatic carbocycles. The molecule has 0 aromatic heterocycles.